The van der Waals surface area contributed by atoms with Crippen LogP contribution in [0, 0.1) is 0 Å². The van der Waals surface area contributed by atoms with Crippen LogP contribution in [0.25, 0.3) is 29.7 Å². The van der Waals surface area contributed by atoms with Crippen molar-refractivity contribution in [3.8, 4) is 19.6 Å². The average molecular weight is 368 g/mol. The lowest BCUT2D eigenvalue weighted by atomic mass is 10.2. The van der Waals surface area contributed by atoms with Crippen molar-refractivity contribution in [2.75, 3.05) is 0 Å². The van der Waals surface area contributed by atoms with Crippen molar-refractivity contribution in [2.24, 2.45) is 0 Å². The van der Waals surface area contributed by atoms with Crippen LogP contribution >= 0.6 is 34.0 Å². The lowest BCUT2D eigenvalue weighted by Gasteiger charge is -1.97. The van der Waals surface area contributed by atoms with Gasteiger partial charge in [0.1, 0.15) is 0 Å². The fourth-order valence-electron chi connectivity index (χ4n) is 2.13. The molecule has 0 aliphatic rings. The van der Waals surface area contributed by atoms with Crippen LogP contribution < -0.4 is 0 Å². The zero-order valence-electron chi connectivity index (χ0n) is 11.3. The van der Waals surface area contributed by atoms with Gasteiger partial charge in [0.15, 0.2) is 5.01 Å². The number of alkyl halides is 3. The molecule has 4 rings (SSSR count). The first-order valence-corrected chi connectivity index (χ1v) is 8.95. The highest BCUT2D eigenvalue weighted by atomic mass is 32.1. The number of fused-ring (bicyclic) bond motifs is 1. The van der Waals surface area contributed by atoms with Crippen LogP contribution in [0.4, 0.5) is 13.2 Å². The highest BCUT2D eigenvalue weighted by Crippen LogP contribution is 2.42. The van der Waals surface area contributed by atoms with Crippen molar-refractivity contribution in [1.82, 2.24) is 10.2 Å². The normalized spacial score (nSPS) is 12.1. The van der Waals surface area contributed by atoms with E-state index in [9.17, 15) is 13.2 Å². The van der Waals surface area contributed by atoms with Gasteiger partial charge in [-0.1, -0.05) is 29.5 Å². The van der Waals surface area contributed by atoms with Crippen LogP contribution in [0.2, 0.25) is 0 Å². The molecule has 8 heteroatoms. The maximum Gasteiger partial charge on any atom is 0.445 e. The van der Waals surface area contributed by atoms with Crippen molar-refractivity contribution in [3.05, 3.63) is 47.5 Å². The van der Waals surface area contributed by atoms with Crippen LogP contribution in [0.3, 0.4) is 0 Å². The molecule has 0 fully saturated rings. The molecular formula is C15H7F3N2S3. The predicted molar refractivity (Wildman–Crippen MR) is 89.0 cm³/mol. The Labute approximate surface area is 140 Å². The summed E-state index contributed by atoms with van der Waals surface area (Å²) in [4.78, 5) is 2.82. The number of aromatic nitrogens is 2. The SMILES string of the molecule is FC(F)(F)c1nnc(-c2ccc(-c3cc4ccccc4s3)s2)s1. The summed E-state index contributed by atoms with van der Waals surface area (Å²) < 4.78 is 39.0. The van der Waals surface area contributed by atoms with Crippen LogP contribution in [0.15, 0.2) is 42.5 Å². The molecule has 0 aliphatic heterocycles. The van der Waals surface area contributed by atoms with Crippen molar-refractivity contribution in [1.29, 1.82) is 0 Å². The molecule has 1 aromatic carbocycles. The molecule has 0 aliphatic carbocycles. The largest absolute Gasteiger partial charge is 0.445 e. The summed E-state index contributed by atoms with van der Waals surface area (Å²) in [5.41, 5.74) is 0. The number of benzene rings is 1. The van der Waals surface area contributed by atoms with Crippen molar-refractivity contribution < 1.29 is 13.2 Å². The van der Waals surface area contributed by atoms with E-state index in [4.69, 9.17) is 0 Å². The van der Waals surface area contributed by atoms with Gasteiger partial charge in [0.25, 0.3) is 0 Å². The lowest BCUT2D eigenvalue weighted by Crippen LogP contribution is -2.03. The van der Waals surface area contributed by atoms with Crippen LogP contribution in [0.5, 0.6) is 0 Å². The highest BCUT2D eigenvalue weighted by Gasteiger charge is 2.35. The Morgan fingerprint density at radius 3 is 2.30 bits per heavy atom. The number of nitrogens with zero attached hydrogens (tertiary/aromatic N) is 2. The minimum atomic E-state index is -4.44. The molecule has 2 nitrogen and oxygen atoms in total. The van der Waals surface area contributed by atoms with E-state index in [0.717, 1.165) is 15.1 Å². The molecule has 0 amide bonds. The molecule has 0 bridgehead atoms. The third kappa shape index (κ3) is 2.77. The molecule has 0 unspecified atom stereocenters. The highest BCUT2D eigenvalue weighted by molar-refractivity contribution is 7.28. The minimum absolute atomic E-state index is 0.301. The maximum atomic E-state index is 12.6. The minimum Gasteiger partial charge on any atom is -0.164 e. The first-order valence-electron chi connectivity index (χ1n) is 6.50. The summed E-state index contributed by atoms with van der Waals surface area (Å²) in [6.07, 6.45) is -4.44. The van der Waals surface area contributed by atoms with Gasteiger partial charge < -0.3 is 0 Å². The summed E-state index contributed by atoms with van der Waals surface area (Å²) in [6.45, 7) is 0. The third-order valence-electron chi connectivity index (χ3n) is 3.15. The monoisotopic (exact) mass is 368 g/mol. The van der Waals surface area contributed by atoms with Gasteiger partial charge >= 0.3 is 6.18 Å². The molecule has 0 saturated carbocycles. The second kappa shape index (κ2) is 5.40. The predicted octanol–water partition coefficient (Wildman–Crippen LogP) is 6.17. The smallest absolute Gasteiger partial charge is 0.164 e. The van der Waals surface area contributed by atoms with Crippen LogP contribution in [-0.2, 0) is 6.18 Å². The number of hydrogen-bond acceptors (Lipinski definition) is 5. The Kier molecular flexibility index (Phi) is 3.47. The first kappa shape index (κ1) is 14.8. The second-order valence-electron chi connectivity index (χ2n) is 4.72. The molecular weight excluding hydrogens is 361 g/mol. The number of hydrogen-bond donors (Lipinski definition) is 0. The molecule has 0 saturated heterocycles. The number of halogens is 3. The molecule has 0 atom stereocenters. The van der Waals surface area contributed by atoms with Crippen LogP contribution in [-0.4, -0.2) is 10.2 Å². The van der Waals surface area contributed by atoms with Gasteiger partial charge in [0.2, 0.25) is 5.01 Å². The van der Waals surface area contributed by atoms with Crippen molar-refractivity contribution in [2.45, 2.75) is 6.18 Å². The quantitative estimate of drug-likeness (QED) is 0.423. The fraction of sp³-hybridized carbons (Fsp3) is 0.0667. The van der Waals surface area contributed by atoms with E-state index in [1.807, 2.05) is 24.3 Å². The second-order valence-corrected chi connectivity index (χ2v) is 7.87. The topological polar surface area (TPSA) is 25.8 Å². The van der Waals surface area contributed by atoms with E-state index in [1.165, 1.54) is 16.0 Å². The molecule has 4 aromatic rings. The Morgan fingerprint density at radius 2 is 1.57 bits per heavy atom. The summed E-state index contributed by atoms with van der Waals surface area (Å²) in [6, 6.07) is 13.9. The Bertz CT molecular complexity index is 948. The molecule has 0 N–H and O–H groups in total. The zero-order chi connectivity index (χ0) is 16.0. The summed E-state index contributed by atoms with van der Waals surface area (Å²) >= 11 is 3.67. The van der Waals surface area contributed by atoms with Gasteiger partial charge in [0, 0.05) is 14.5 Å². The molecule has 3 heterocycles. The first-order chi connectivity index (χ1) is 11.0. The number of rotatable bonds is 2. The summed E-state index contributed by atoms with van der Waals surface area (Å²) in [5, 5.41) is 7.45. The van der Waals surface area contributed by atoms with Crippen molar-refractivity contribution >= 4 is 44.1 Å². The van der Waals surface area contributed by atoms with E-state index in [1.54, 1.807) is 17.4 Å². The fourth-order valence-corrected chi connectivity index (χ4v) is 5.04. The Morgan fingerprint density at radius 1 is 0.783 bits per heavy atom. The number of thiophene rings is 2. The zero-order valence-corrected chi connectivity index (χ0v) is 13.7. The van der Waals surface area contributed by atoms with E-state index >= 15 is 0 Å². The van der Waals surface area contributed by atoms with Crippen LogP contribution in [0.1, 0.15) is 5.01 Å². The maximum absolute atomic E-state index is 12.6. The molecule has 0 spiro atoms. The standard InChI is InChI=1S/C15H7F3N2S3/c16-15(17,18)14-20-19-13(23-14)11-6-5-10(22-11)12-7-8-3-1-2-4-9(8)21-12/h1-7H. The molecule has 116 valence electrons. The van der Waals surface area contributed by atoms with Crippen molar-refractivity contribution in [3.63, 3.8) is 0 Å². The average Bonchev–Trinajstić information content (AvgIpc) is 3.23. The third-order valence-corrected chi connectivity index (χ3v) is 6.69. The summed E-state index contributed by atoms with van der Waals surface area (Å²) in [5.74, 6) is 0. The van der Waals surface area contributed by atoms with E-state index in [2.05, 4.69) is 22.3 Å². The van der Waals surface area contributed by atoms with Gasteiger partial charge in [-0.25, -0.2) is 0 Å². The van der Waals surface area contributed by atoms with Gasteiger partial charge in [-0.05, 0) is 29.7 Å². The van der Waals surface area contributed by atoms with Gasteiger partial charge in [0.05, 0.1) is 4.88 Å². The molecule has 3 aromatic heterocycles. The van der Waals surface area contributed by atoms with E-state index in [0.29, 0.717) is 21.2 Å². The Balaban J connectivity index is 1.70. The summed E-state index contributed by atoms with van der Waals surface area (Å²) in [7, 11) is 0. The Hall–Kier alpha value is -1.77. The van der Waals surface area contributed by atoms with E-state index in [-0.39, 0.29) is 0 Å². The lowest BCUT2D eigenvalue weighted by molar-refractivity contribution is -0.138. The van der Waals surface area contributed by atoms with E-state index < -0.39 is 11.2 Å². The van der Waals surface area contributed by atoms with Gasteiger partial charge in [-0.3, -0.25) is 0 Å². The van der Waals surface area contributed by atoms with Gasteiger partial charge in [-0.2, -0.15) is 13.2 Å². The van der Waals surface area contributed by atoms with Gasteiger partial charge in [-0.15, -0.1) is 32.9 Å². The molecule has 23 heavy (non-hydrogen) atoms. The molecule has 0 radical (unpaired) electrons.